The summed E-state index contributed by atoms with van der Waals surface area (Å²) < 4.78 is 42.4. The SMILES string of the molecule is C[C@@H](Nc1ncnc2c1cc(C1(C#N)CCN(C)CC1)c(=O)n2C)c1cccc(C(F)F)c1F. The molecule has 10 heteroatoms. The summed E-state index contributed by atoms with van der Waals surface area (Å²) in [4.78, 5) is 23.8. The number of piperidine rings is 1. The van der Waals surface area contributed by atoms with Gasteiger partial charge in [0.1, 0.15) is 23.6 Å². The Hall–Kier alpha value is -3.45. The standard InChI is InChI=1S/C24H25F3N6O/c1-14(15-5-4-6-16(19(15)25)20(26)27)31-21-17-11-18(23(34)33(3)22(17)30-13-29-21)24(12-28)7-9-32(2)10-8-24/h4-6,11,13-14,20H,7-10H2,1-3H3,(H,29,30,31)/t14-/m1/s1. The van der Waals surface area contributed by atoms with Crippen molar-refractivity contribution in [1.82, 2.24) is 19.4 Å². The number of hydrogen-bond acceptors (Lipinski definition) is 6. The van der Waals surface area contributed by atoms with Gasteiger partial charge in [-0.25, -0.2) is 23.1 Å². The van der Waals surface area contributed by atoms with Crippen molar-refractivity contribution in [2.24, 2.45) is 7.05 Å². The molecular weight excluding hydrogens is 445 g/mol. The maximum absolute atomic E-state index is 14.7. The first-order chi connectivity index (χ1) is 16.2. The molecule has 1 atom stereocenters. The first-order valence-electron chi connectivity index (χ1n) is 11.0. The molecule has 1 aliphatic rings. The average molecular weight is 470 g/mol. The van der Waals surface area contributed by atoms with Crippen LogP contribution in [0, 0.1) is 17.1 Å². The van der Waals surface area contributed by atoms with Crippen molar-refractivity contribution in [3.63, 3.8) is 0 Å². The minimum atomic E-state index is -2.93. The number of aryl methyl sites for hydroxylation is 1. The Kier molecular flexibility index (Phi) is 6.32. The molecule has 0 bridgehead atoms. The lowest BCUT2D eigenvalue weighted by molar-refractivity contribution is 0.146. The Morgan fingerprint density at radius 2 is 1.85 bits per heavy atom. The number of halogens is 3. The van der Waals surface area contributed by atoms with E-state index >= 15 is 0 Å². The number of benzene rings is 1. The number of hydrogen-bond donors (Lipinski definition) is 1. The zero-order valence-corrected chi connectivity index (χ0v) is 19.1. The van der Waals surface area contributed by atoms with Crippen LogP contribution in [0.25, 0.3) is 11.0 Å². The van der Waals surface area contributed by atoms with E-state index in [-0.39, 0.29) is 11.1 Å². The van der Waals surface area contributed by atoms with E-state index in [4.69, 9.17) is 0 Å². The number of aromatic nitrogens is 3. The van der Waals surface area contributed by atoms with Crippen molar-refractivity contribution in [3.05, 3.63) is 63.5 Å². The first kappa shape index (κ1) is 23.7. The normalized spacial score (nSPS) is 17.0. The molecule has 0 amide bonds. The molecule has 0 saturated carbocycles. The van der Waals surface area contributed by atoms with E-state index in [0.29, 0.717) is 48.3 Å². The maximum Gasteiger partial charge on any atom is 0.266 e. The molecule has 3 aromatic rings. The molecule has 1 saturated heterocycles. The number of nitrogens with zero attached hydrogens (tertiary/aromatic N) is 5. The van der Waals surface area contributed by atoms with Crippen LogP contribution in [-0.4, -0.2) is 39.6 Å². The largest absolute Gasteiger partial charge is 0.363 e. The van der Waals surface area contributed by atoms with Gasteiger partial charge in [0.2, 0.25) is 0 Å². The highest BCUT2D eigenvalue weighted by atomic mass is 19.3. The Labute approximate surface area is 194 Å². The minimum Gasteiger partial charge on any atom is -0.363 e. The van der Waals surface area contributed by atoms with Crippen molar-refractivity contribution in [2.75, 3.05) is 25.5 Å². The molecule has 4 rings (SSSR count). The van der Waals surface area contributed by atoms with Crippen molar-refractivity contribution < 1.29 is 13.2 Å². The van der Waals surface area contributed by atoms with E-state index < -0.39 is 29.3 Å². The van der Waals surface area contributed by atoms with E-state index in [1.54, 1.807) is 20.0 Å². The average Bonchev–Trinajstić information content (AvgIpc) is 2.82. The molecule has 34 heavy (non-hydrogen) atoms. The topological polar surface area (TPSA) is 86.8 Å². The fourth-order valence-electron chi connectivity index (χ4n) is 4.52. The van der Waals surface area contributed by atoms with Crippen LogP contribution >= 0.6 is 0 Å². The lowest BCUT2D eigenvalue weighted by Gasteiger charge is -2.35. The Balaban J connectivity index is 1.81. The third kappa shape index (κ3) is 4.01. The molecule has 178 valence electrons. The van der Waals surface area contributed by atoms with Gasteiger partial charge in [0.05, 0.1) is 28.5 Å². The second-order valence-corrected chi connectivity index (χ2v) is 8.80. The second kappa shape index (κ2) is 9.06. The summed E-state index contributed by atoms with van der Waals surface area (Å²) in [5.41, 5.74) is -1.12. The van der Waals surface area contributed by atoms with Crippen molar-refractivity contribution >= 4 is 16.9 Å². The van der Waals surface area contributed by atoms with E-state index in [1.807, 2.05) is 7.05 Å². The lowest BCUT2D eigenvalue weighted by Crippen LogP contribution is -2.43. The van der Waals surface area contributed by atoms with Crippen LogP contribution in [0.15, 0.2) is 35.4 Å². The molecule has 1 fully saturated rings. The van der Waals surface area contributed by atoms with Crippen LogP contribution in [0.3, 0.4) is 0 Å². The van der Waals surface area contributed by atoms with Gasteiger partial charge in [-0.1, -0.05) is 18.2 Å². The van der Waals surface area contributed by atoms with Gasteiger partial charge < -0.3 is 10.2 Å². The second-order valence-electron chi connectivity index (χ2n) is 8.80. The van der Waals surface area contributed by atoms with E-state index in [2.05, 4.69) is 26.3 Å². The molecule has 3 heterocycles. The summed E-state index contributed by atoms with van der Waals surface area (Å²) in [6.45, 7) is 3.00. The Bertz CT molecular complexity index is 1320. The van der Waals surface area contributed by atoms with Gasteiger partial charge in [0.15, 0.2) is 0 Å². The third-order valence-corrected chi connectivity index (χ3v) is 6.69. The number of rotatable bonds is 5. The predicted molar refractivity (Wildman–Crippen MR) is 122 cm³/mol. The molecular formula is C24H25F3N6O. The van der Waals surface area contributed by atoms with Crippen LogP contribution < -0.4 is 10.9 Å². The fourth-order valence-corrected chi connectivity index (χ4v) is 4.52. The van der Waals surface area contributed by atoms with Crippen molar-refractivity contribution in [1.29, 1.82) is 5.26 Å². The van der Waals surface area contributed by atoms with Crippen molar-refractivity contribution in [3.8, 4) is 6.07 Å². The molecule has 0 unspecified atom stereocenters. The lowest BCUT2D eigenvalue weighted by atomic mass is 9.74. The van der Waals surface area contributed by atoms with E-state index in [0.717, 1.165) is 6.07 Å². The van der Waals surface area contributed by atoms with Crippen molar-refractivity contribution in [2.45, 2.75) is 37.6 Å². The molecule has 1 aliphatic heterocycles. The fraction of sp³-hybridized carbons (Fsp3) is 0.417. The summed E-state index contributed by atoms with van der Waals surface area (Å²) in [6, 6.07) is 7.20. The van der Waals surface area contributed by atoms with Crippen LogP contribution in [0.1, 0.15) is 48.9 Å². The van der Waals surface area contributed by atoms with Gasteiger partial charge >= 0.3 is 0 Å². The number of anilines is 1. The predicted octanol–water partition coefficient (Wildman–Crippen LogP) is 4.07. The molecule has 0 aliphatic carbocycles. The molecule has 1 aromatic carbocycles. The zero-order chi connectivity index (χ0) is 24.6. The monoisotopic (exact) mass is 470 g/mol. The summed E-state index contributed by atoms with van der Waals surface area (Å²) in [5.74, 6) is -0.657. The van der Waals surface area contributed by atoms with Gasteiger partial charge in [-0.2, -0.15) is 5.26 Å². The van der Waals surface area contributed by atoms with Gasteiger partial charge in [-0.05, 0) is 46.0 Å². The molecule has 0 radical (unpaired) electrons. The smallest absolute Gasteiger partial charge is 0.266 e. The highest BCUT2D eigenvalue weighted by Crippen LogP contribution is 2.35. The highest BCUT2D eigenvalue weighted by Gasteiger charge is 2.38. The number of fused-ring (bicyclic) bond motifs is 1. The summed E-state index contributed by atoms with van der Waals surface area (Å²) in [5, 5.41) is 13.6. The minimum absolute atomic E-state index is 0.0680. The number of pyridine rings is 1. The van der Waals surface area contributed by atoms with Crippen LogP contribution in [0.4, 0.5) is 19.0 Å². The number of likely N-dealkylation sites (tertiary alicyclic amines) is 1. The summed E-state index contributed by atoms with van der Waals surface area (Å²) in [6.07, 6.45) is -0.628. The van der Waals surface area contributed by atoms with Gasteiger partial charge in [0.25, 0.3) is 12.0 Å². The molecule has 1 N–H and O–H groups in total. The zero-order valence-electron chi connectivity index (χ0n) is 19.1. The van der Waals surface area contributed by atoms with Gasteiger partial charge in [-0.3, -0.25) is 9.36 Å². The summed E-state index contributed by atoms with van der Waals surface area (Å²) >= 11 is 0. The number of alkyl halides is 2. The highest BCUT2D eigenvalue weighted by molar-refractivity contribution is 5.87. The molecule has 0 spiro atoms. The maximum atomic E-state index is 14.7. The number of nitrogens with one attached hydrogen (secondary N) is 1. The van der Waals surface area contributed by atoms with Gasteiger partial charge in [0, 0.05) is 18.2 Å². The summed E-state index contributed by atoms with van der Waals surface area (Å²) in [7, 11) is 3.55. The van der Waals surface area contributed by atoms with E-state index in [9.17, 15) is 23.2 Å². The van der Waals surface area contributed by atoms with Crippen LogP contribution in [-0.2, 0) is 12.5 Å². The quantitative estimate of drug-likeness (QED) is 0.605. The van der Waals surface area contributed by atoms with E-state index in [1.165, 1.54) is 23.0 Å². The van der Waals surface area contributed by atoms with Crippen LogP contribution in [0.5, 0.6) is 0 Å². The third-order valence-electron chi connectivity index (χ3n) is 6.69. The molecule has 2 aromatic heterocycles. The first-order valence-corrected chi connectivity index (χ1v) is 11.0. The number of nitriles is 1. The Morgan fingerprint density at radius 3 is 2.50 bits per heavy atom. The van der Waals surface area contributed by atoms with Crippen LogP contribution in [0.2, 0.25) is 0 Å². The Morgan fingerprint density at radius 1 is 1.18 bits per heavy atom. The molecule has 7 nitrogen and oxygen atoms in total. The van der Waals surface area contributed by atoms with Gasteiger partial charge in [-0.15, -0.1) is 0 Å².